The molecule has 0 rings (SSSR count). The van der Waals surface area contributed by atoms with Crippen LogP contribution in [0.5, 0.6) is 0 Å². The standard InChI is InChI=1S/C6H10ClF3O4S/c7-15(11,12)4-3-13-1-2-14-5-6(8,9)10/h1-5H2. The van der Waals surface area contributed by atoms with Crippen molar-refractivity contribution in [3.8, 4) is 0 Å². The number of rotatable bonds is 7. The van der Waals surface area contributed by atoms with Crippen LogP contribution < -0.4 is 0 Å². The highest BCUT2D eigenvalue weighted by Gasteiger charge is 2.27. The second kappa shape index (κ2) is 6.51. The van der Waals surface area contributed by atoms with Crippen molar-refractivity contribution in [2.24, 2.45) is 0 Å². The van der Waals surface area contributed by atoms with E-state index in [0.717, 1.165) is 0 Å². The summed E-state index contributed by atoms with van der Waals surface area (Å²) >= 11 is 0. The van der Waals surface area contributed by atoms with Gasteiger partial charge in [-0.1, -0.05) is 0 Å². The van der Waals surface area contributed by atoms with E-state index in [1.807, 2.05) is 0 Å². The Morgan fingerprint density at radius 1 is 1.07 bits per heavy atom. The molecule has 0 aromatic heterocycles. The molecule has 0 unspecified atom stereocenters. The molecule has 4 nitrogen and oxygen atoms in total. The van der Waals surface area contributed by atoms with Crippen LogP contribution in [-0.2, 0) is 18.5 Å². The highest BCUT2D eigenvalue weighted by atomic mass is 35.7. The number of halogens is 4. The lowest BCUT2D eigenvalue weighted by atomic mass is 10.7. The van der Waals surface area contributed by atoms with Crippen LogP contribution in [0.4, 0.5) is 13.2 Å². The average molecular weight is 271 g/mol. The van der Waals surface area contributed by atoms with Crippen molar-refractivity contribution < 1.29 is 31.1 Å². The molecule has 0 fully saturated rings. The lowest BCUT2D eigenvalue weighted by Crippen LogP contribution is -2.19. The molecule has 15 heavy (non-hydrogen) atoms. The van der Waals surface area contributed by atoms with Gasteiger partial charge in [0.1, 0.15) is 6.61 Å². The molecule has 0 spiro atoms. The zero-order valence-electron chi connectivity index (χ0n) is 7.59. The molecular formula is C6H10ClF3O4S. The zero-order valence-corrected chi connectivity index (χ0v) is 9.16. The quantitative estimate of drug-likeness (QED) is 0.514. The van der Waals surface area contributed by atoms with Crippen molar-refractivity contribution in [1.82, 2.24) is 0 Å². The SMILES string of the molecule is O=S(=O)(Cl)CCOCCOCC(F)(F)F. The van der Waals surface area contributed by atoms with Crippen LogP contribution in [0.15, 0.2) is 0 Å². The Morgan fingerprint density at radius 3 is 2.07 bits per heavy atom. The Morgan fingerprint density at radius 2 is 1.60 bits per heavy atom. The van der Waals surface area contributed by atoms with E-state index < -0.39 is 21.8 Å². The maximum Gasteiger partial charge on any atom is 0.411 e. The molecule has 0 saturated heterocycles. The molecule has 0 aliphatic heterocycles. The van der Waals surface area contributed by atoms with Crippen LogP contribution in [0.25, 0.3) is 0 Å². The van der Waals surface area contributed by atoms with Gasteiger partial charge in [0, 0.05) is 10.7 Å². The molecule has 0 bridgehead atoms. The fourth-order valence-corrected chi connectivity index (χ4v) is 1.07. The second-order valence-corrected chi connectivity index (χ2v) is 5.42. The lowest BCUT2D eigenvalue weighted by Gasteiger charge is -2.07. The first-order valence-corrected chi connectivity index (χ1v) is 6.33. The normalized spacial score (nSPS) is 13.1. The largest absolute Gasteiger partial charge is 0.411 e. The molecule has 0 aromatic rings. The van der Waals surface area contributed by atoms with Gasteiger partial charge < -0.3 is 9.47 Å². The monoisotopic (exact) mass is 270 g/mol. The van der Waals surface area contributed by atoms with Crippen molar-refractivity contribution in [2.45, 2.75) is 6.18 Å². The Hall–Kier alpha value is -0.0500. The summed E-state index contributed by atoms with van der Waals surface area (Å²) in [6, 6.07) is 0. The minimum atomic E-state index is -4.36. The Labute approximate surface area is 89.7 Å². The Kier molecular flexibility index (Phi) is 6.49. The summed E-state index contributed by atoms with van der Waals surface area (Å²) in [5.41, 5.74) is 0. The van der Waals surface area contributed by atoms with Crippen LogP contribution >= 0.6 is 10.7 Å². The van der Waals surface area contributed by atoms with Gasteiger partial charge in [0.2, 0.25) is 9.05 Å². The third-order valence-electron chi connectivity index (χ3n) is 1.11. The van der Waals surface area contributed by atoms with Gasteiger partial charge in [-0.05, 0) is 0 Å². The van der Waals surface area contributed by atoms with Gasteiger partial charge >= 0.3 is 6.18 Å². The highest BCUT2D eigenvalue weighted by molar-refractivity contribution is 8.13. The summed E-state index contributed by atoms with van der Waals surface area (Å²) in [5.74, 6) is -0.381. The van der Waals surface area contributed by atoms with Gasteiger partial charge in [-0.25, -0.2) is 8.42 Å². The van der Waals surface area contributed by atoms with Gasteiger partial charge in [-0.3, -0.25) is 0 Å². The number of ether oxygens (including phenoxy) is 2. The predicted octanol–water partition coefficient (Wildman–Crippen LogP) is 1.15. The Balaban J connectivity index is 3.27. The van der Waals surface area contributed by atoms with Crippen molar-refractivity contribution in [1.29, 1.82) is 0 Å². The van der Waals surface area contributed by atoms with Crippen LogP contribution in [0, 0.1) is 0 Å². The summed E-state index contributed by atoms with van der Waals surface area (Å²) in [5, 5.41) is 0. The van der Waals surface area contributed by atoms with Gasteiger partial charge in [0.15, 0.2) is 0 Å². The molecule has 0 saturated carbocycles. The summed E-state index contributed by atoms with van der Waals surface area (Å²) in [6.07, 6.45) is -4.36. The number of hydrogen-bond acceptors (Lipinski definition) is 4. The fourth-order valence-electron chi connectivity index (χ4n) is 0.566. The van der Waals surface area contributed by atoms with Gasteiger partial charge in [0.05, 0.1) is 25.6 Å². The summed E-state index contributed by atoms with van der Waals surface area (Å²) in [4.78, 5) is 0. The summed E-state index contributed by atoms with van der Waals surface area (Å²) in [6.45, 7) is -1.87. The molecule has 0 N–H and O–H groups in total. The van der Waals surface area contributed by atoms with Crippen molar-refractivity contribution in [3.63, 3.8) is 0 Å². The van der Waals surface area contributed by atoms with E-state index in [1.165, 1.54) is 0 Å². The molecule has 0 aromatic carbocycles. The molecule has 0 amide bonds. The molecule has 9 heteroatoms. The van der Waals surface area contributed by atoms with E-state index in [0.29, 0.717) is 0 Å². The van der Waals surface area contributed by atoms with E-state index in [1.54, 1.807) is 0 Å². The molecule has 0 atom stereocenters. The molecule has 0 heterocycles. The van der Waals surface area contributed by atoms with Crippen molar-refractivity contribution in [3.05, 3.63) is 0 Å². The van der Waals surface area contributed by atoms with Gasteiger partial charge in [0.25, 0.3) is 0 Å². The van der Waals surface area contributed by atoms with Crippen LogP contribution in [0.3, 0.4) is 0 Å². The lowest BCUT2D eigenvalue weighted by molar-refractivity contribution is -0.176. The molecule has 0 aliphatic carbocycles. The van der Waals surface area contributed by atoms with Gasteiger partial charge in [-0.15, -0.1) is 0 Å². The Bertz CT molecular complexity index is 264. The van der Waals surface area contributed by atoms with E-state index in [4.69, 9.17) is 10.7 Å². The van der Waals surface area contributed by atoms with E-state index in [-0.39, 0.29) is 25.6 Å². The maximum absolute atomic E-state index is 11.5. The van der Waals surface area contributed by atoms with Gasteiger partial charge in [-0.2, -0.15) is 13.2 Å². The number of alkyl halides is 3. The minimum Gasteiger partial charge on any atom is -0.378 e. The molecule has 92 valence electrons. The third kappa shape index (κ3) is 14.0. The number of hydrogen-bond donors (Lipinski definition) is 0. The van der Waals surface area contributed by atoms with E-state index in [2.05, 4.69) is 9.47 Å². The topological polar surface area (TPSA) is 52.6 Å². The highest BCUT2D eigenvalue weighted by Crippen LogP contribution is 2.13. The van der Waals surface area contributed by atoms with Crippen LogP contribution in [0.1, 0.15) is 0 Å². The first-order chi connectivity index (χ1) is 6.71. The first kappa shape index (κ1) is 14.9. The third-order valence-corrected chi connectivity index (χ3v) is 2.23. The second-order valence-electron chi connectivity index (χ2n) is 2.52. The molecule has 0 aliphatic rings. The smallest absolute Gasteiger partial charge is 0.378 e. The first-order valence-electron chi connectivity index (χ1n) is 3.85. The minimum absolute atomic E-state index is 0.109. The summed E-state index contributed by atoms with van der Waals surface area (Å²) in [7, 11) is 1.23. The van der Waals surface area contributed by atoms with Crippen LogP contribution in [0.2, 0.25) is 0 Å². The molecular weight excluding hydrogens is 261 g/mol. The van der Waals surface area contributed by atoms with Crippen LogP contribution in [-0.4, -0.2) is 46.8 Å². The average Bonchev–Trinajstić information content (AvgIpc) is 1.98. The maximum atomic E-state index is 11.5. The fraction of sp³-hybridized carbons (Fsp3) is 1.00. The van der Waals surface area contributed by atoms with E-state index >= 15 is 0 Å². The van der Waals surface area contributed by atoms with Crippen molar-refractivity contribution >= 4 is 19.7 Å². The van der Waals surface area contributed by atoms with E-state index in [9.17, 15) is 21.6 Å². The summed E-state index contributed by atoms with van der Waals surface area (Å²) < 4.78 is 64.2. The zero-order chi connectivity index (χ0) is 11.9. The predicted molar refractivity (Wildman–Crippen MR) is 47.3 cm³/mol. The molecule has 0 radical (unpaired) electrons. The van der Waals surface area contributed by atoms with Crippen molar-refractivity contribution in [2.75, 3.05) is 32.2 Å².